The predicted octanol–water partition coefficient (Wildman–Crippen LogP) is 10.5. The molecular weight excluding hydrogens is 591 g/mol. The minimum absolute atomic E-state index is 0.202. The van der Waals surface area contributed by atoms with E-state index in [2.05, 4.69) is 42.7 Å². The van der Waals surface area contributed by atoms with Crippen molar-refractivity contribution in [1.82, 2.24) is 0 Å². The van der Waals surface area contributed by atoms with E-state index < -0.39 is 32.5 Å². The van der Waals surface area contributed by atoms with Gasteiger partial charge in [0.05, 0.1) is 6.61 Å². The predicted molar refractivity (Wildman–Crippen MR) is 184 cm³/mol. The van der Waals surface area contributed by atoms with Crippen molar-refractivity contribution in [2.45, 2.75) is 180 Å². The molecule has 9 heteroatoms. The normalized spacial score (nSPS) is 12.7. The van der Waals surface area contributed by atoms with Gasteiger partial charge in [0.15, 0.2) is 6.10 Å². The molecule has 0 aliphatic rings. The Labute approximate surface area is 275 Å². The lowest BCUT2D eigenvalue weighted by Gasteiger charge is -2.18. The van der Waals surface area contributed by atoms with Crippen LogP contribution in [0, 0.1) is 0 Å². The Kier molecular flexibility index (Phi) is 31.4. The average molecular weight is 659 g/mol. The number of esters is 2. The van der Waals surface area contributed by atoms with Crippen LogP contribution >= 0.6 is 7.82 Å². The van der Waals surface area contributed by atoms with Gasteiger partial charge in [0, 0.05) is 12.8 Å². The van der Waals surface area contributed by atoms with Gasteiger partial charge in [-0.1, -0.05) is 122 Å². The van der Waals surface area contributed by atoms with Gasteiger partial charge in [-0.15, -0.1) is 0 Å². The number of phosphoric ester groups is 1. The molecule has 0 heterocycles. The molecule has 45 heavy (non-hydrogen) atoms. The molecule has 0 aromatic carbocycles. The Morgan fingerprint density at radius 3 is 1.40 bits per heavy atom. The molecule has 0 fully saturated rings. The van der Waals surface area contributed by atoms with E-state index in [0.717, 1.165) is 64.2 Å². The summed E-state index contributed by atoms with van der Waals surface area (Å²) in [4.78, 5) is 42.6. The van der Waals surface area contributed by atoms with Crippen LogP contribution in [0.5, 0.6) is 0 Å². The smallest absolute Gasteiger partial charge is 0.462 e. The maximum Gasteiger partial charge on any atom is 0.469 e. The Morgan fingerprint density at radius 1 is 0.556 bits per heavy atom. The second-order valence-electron chi connectivity index (χ2n) is 12.2. The number of phosphoric acid groups is 1. The first-order valence-electron chi connectivity index (χ1n) is 18.1. The third kappa shape index (κ3) is 35.2. The number of unbranched alkanes of at least 4 members (excludes halogenated alkanes) is 19. The van der Waals surface area contributed by atoms with E-state index in [1.54, 1.807) is 0 Å². The van der Waals surface area contributed by atoms with E-state index in [-0.39, 0.29) is 19.4 Å². The van der Waals surface area contributed by atoms with Crippen LogP contribution in [0.1, 0.15) is 174 Å². The fraction of sp³-hybridized carbons (Fsp3) is 0.833. The molecule has 0 aromatic rings. The van der Waals surface area contributed by atoms with Gasteiger partial charge in [-0.05, 0) is 64.2 Å². The molecule has 0 saturated heterocycles. The zero-order chi connectivity index (χ0) is 33.3. The summed E-state index contributed by atoms with van der Waals surface area (Å²) in [6.07, 6.45) is 34.7. The summed E-state index contributed by atoms with van der Waals surface area (Å²) in [6, 6.07) is 0. The van der Waals surface area contributed by atoms with Crippen molar-refractivity contribution in [3.05, 3.63) is 24.3 Å². The molecule has 0 aromatic heterocycles. The molecule has 0 saturated carbocycles. The molecule has 0 unspecified atom stereocenters. The van der Waals surface area contributed by atoms with Gasteiger partial charge >= 0.3 is 19.8 Å². The molecule has 0 aliphatic heterocycles. The monoisotopic (exact) mass is 658 g/mol. The van der Waals surface area contributed by atoms with Crippen molar-refractivity contribution in [3.8, 4) is 0 Å². The van der Waals surface area contributed by atoms with Crippen LogP contribution < -0.4 is 0 Å². The number of hydrogen-bond acceptors (Lipinski definition) is 6. The molecule has 0 spiro atoms. The Morgan fingerprint density at radius 2 is 0.933 bits per heavy atom. The Balaban J connectivity index is 4.00. The standard InChI is InChI=1S/C36H67O8P/c1-3-5-7-9-11-13-15-17-18-19-21-23-25-27-29-31-36(38)44-34(33-43-45(39,40)41)32-42-35(37)30-28-26-24-22-20-16-14-12-10-8-6-4-2/h12,14,17-18,34H,3-11,13,15-16,19-33H2,1-2H3,(H2,39,40,41)/b14-12+,18-17+/t34-/m1/s1. The van der Waals surface area contributed by atoms with Crippen LogP contribution in [0.15, 0.2) is 24.3 Å². The van der Waals surface area contributed by atoms with E-state index in [0.29, 0.717) is 12.8 Å². The summed E-state index contributed by atoms with van der Waals surface area (Å²) in [7, 11) is -4.75. The largest absolute Gasteiger partial charge is 0.469 e. The van der Waals surface area contributed by atoms with Crippen LogP contribution in [0.4, 0.5) is 0 Å². The van der Waals surface area contributed by atoms with Gasteiger partial charge < -0.3 is 19.3 Å². The van der Waals surface area contributed by atoms with E-state index in [9.17, 15) is 14.2 Å². The lowest BCUT2D eigenvalue weighted by molar-refractivity contribution is -0.161. The fourth-order valence-electron chi connectivity index (χ4n) is 4.95. The number of rotatable bonds is 33. The maximum absolute atomic E-state index is 12.3. The molecule has 0 bridgehead atoms. The Bertz CT molecular complexity index is 792. The van der Waals surface area contributed by atoms with Crippen LogP contribution in [0.2, 0.25) is 0 Å². The van der Waals surface area contributed by atoms with E-state index in [1.165, 1.54) is 70.6 Å². The molecule has 1 atom stereocenters. The molecular formula is C36H67O8P. The average Bonchev–Trinajstić information content (AvgIpc) is 3.00. The first-order chi connectivity index (χ1) is 21.8. The fourth-order valence-corrected chi connectivity index (χ4v) is 5.31. The summed E-state index contributed by atoms with van der Waals surface area (Å²) >= 11 is 0. The van der Waals surface area contributed by atoms with Crippen molar-refractivity contribution < 1.29 is 37.9 Å². The van der Waals surface area contributed by atoms with Crippen LogP contribution in [0.3, 0.4) is 0 Å². The Hall–Kier alpha value is -1.47. The van der Waals surface area contributed by atoms with Crippen molar-refractivity contribution >= 4 is 19.8 Å². The maximum atomic E-state index is 12.3. The van der Waals surface area contributed by atoms with Crippen molar-refractivity contribution in [2.75, 3.05) is 13.2 Å². The lowest BCUT2D eigenvalue weighted by Crippen LogP contribution is -2.29. The highest BCUT2D eigenvalue weighted by molar-refractivity contribution is 7.46. The van der Waals surface area contributed by atoms with Crippen molar-refractivity contribution in [2.24, 2.45) is 0 Å². The van der Waals surface area contributed by atoms with Gasteiger partial charge in [0.1, 0.15) is 6.61 Å². The van der Waals surface area contributed by atoms with Crippen LogP contribution in [-0.4, -0.2) is 41.0 Å². The van der Waals surface area contributed by atoms with Gasteiger partial charge in [-0.3, -0.25) is 14.1 Å². The summed E-state index contributed by atoms with van der Waals surface area (Å²) in [5, 5.41) is 0. The first kappa shape index (κ1) is 43.5. The molecule has 8 nitrogen and oxygen atoms in total. The van der Waals surface area contributed by atoms with E-state index in [4.69, 9.17) is 19.3 Å². The molecule has 0 radical (unpaired) electrons. The zero-order valence-electron chi connectivity index (χ0n) is 28.8. The molecule has 264 valence electrons. The minimum Gasteiger partial charge on any atom is -0.462 e. The van der Waals surface area contributed by atoms with Gasteiger partial charge in [0.25, 0.3) is 0 Å². The number of carbonyl (C=O) groups excluding carboxylic acids is 2. The molecule has 2 N–H and O–H groups in total. The third-order valence-corrected chi connectivity index (χ3v) is 8.18. The number of allylic oxidation sites excluding steroid dienone is 4. The SMILES string of the molecule is CCCCC/C=C/CCCCCCCC(=O)OC[C@H](COP(=O)(O)O)OC(=O)CCCCCCC/C=C/CCCCCCCC. The summed E-state index contributed by atoms with van der Waals surface area (Å²) in [6.45, 7) is 3.62. The van der Waals surface area contributed by atoms with E-state index >= 15 is 0 Å². The highest BCUT2D eigenvalue weighted by Crippen LogP contribution is 2.36. The second-order valence-corrected chi connectivity index (χ2v) is 13.4. The van der Waals surface area contributed by atoms with Gasteiger partial charge in [-0.25, -0.2) is 4.57 Å². The quantitative estimate of drug-likeness (QED) is 0.0309. The summed E-state index contributed by atoms with van der Waals surface area (Å²) < 4.78 is 26.2. The van der Waals surface area contributed by atoms with Gasteiger partial charge in [-0.2, -0.15) is 0 Å². The highest BCUT2D eigenvalue weighted by Gasteiger charge is 2.22. The van der Waals surface area contributed by atoms with E-state index in [1.807, 2.05) is 0 Å². The molecule has 0 aliphatic carbocycles. The topological polar surface area (TPSA) is 119 Å². The second kappa shape index (κ2) is 32.5. The van der Waals surface area contributed by atoms with Crippen molar-refractivity contribution in [3.63, 3.8) is 0 Å². The zero-order valence-corrected chi connectivity index (χ0v) is 29.7. The van der Waals surface area contributed by atoms with Crippen LogP contribution in [0.25, 0.3) is 0 Å². The van der Waals surface area contributed by atoms with Crippen LogP contribution in [-0.2, 0) is 28.2 Å². The lowest BCUT2D eigenvalue weighted by atomic mass is 10.1. The minimum atomic E-state index is -4.75. The number of ether oxygens (including phenoxy) is 2. The van der Waals surface area contributed by atoms with Crippen molar-refractivity contribution in [1.29, 1.82) is 0 Å². The highest BCUT2D eigenvalue weighted by atomic mass is 31.2. The number of hydrogen-bond donors (Lipinski definition) is 2. The number of carbonyl (C=O) groups is 2. The third-order valence-electron chi connectivity index (χ3n) is 7.69. The molecule has 0 amide bonds. The summed E-state index contributed by atoms with van der Waals surface area (Å²) in [5.74, 6) is -0.904. The van der Waals surface area contributed by atoms with Gasteiger partial charge in [0.2, 0.25) is 0 Å². The summed E-state index contributed by atoms with van der Waals surface area (Å²) in [5.41, 5.74) is 0. The first-order valence-corrected chi connectivity index (χ1v) is 19.7. The molecule has 0 rings (SSSR count).